The van der Waals surface area contributed by atoms with Crippen molar-refractivity contribution in [2.24, 2.45) is 0 Å². The lowest BCUT2D eigenvalue weighted by atomic mass is 10.4. The van der Waals surface area contributed by atoms with E-state index in [0.29, 0.717) is 6.61 Å². The third-order valence-corrected chi connectivity index (χ3v) is 2.00. The van der Waals surface area contributed by atoms with Gasteiger partial charge in [-0.3, -0.25) is 9.38 Å². The minimum absolute atomic E-state index is 0.289. The largest absolute Gasteiger partial charge is 0.460 e. The van der Waals surface area contributed by atoms with Crippen LogP contribution in [0.15, 0.2) is 18.6 Å². The zero-order chi connectivity index (χ0) is 10.8. The molecule has 15 heavy (non-hydrogen) atoms. The highest BCUT2D eigenvalue weighted by atomic mass is 16.5. The molecule has 0 aromatic carbocycles. The molecule has 2 rings (SSSR count). The maximum atomic E-state index is 11.5. The van der Waals surface area contributed by atoms with Crippen LogP contribution in [-0.2, 0) is 4.74 Å². The predicted octanol–water partition coefficient (Wildman–Crippen LogP) is 1.21. The molecule has 0 amide bonds. The lowest BCUT2D eigenvalue weighted by Crippen LogP contribution is -2.09. The van der Waals surface area contributed by atoms with Crippen molar-refractivity contribution in [1.29, 1.82) is 0 Å². The molecule has 0 fully saturated rings. The summed E-state index contributed by atoms with van der Waals surface area (Å²) in [6.07, 6.45) is 5.03. The fourth-order valence-electron chi connectivity index (χ4n) is 1.34. The number of carbonyl (C=O) groups excluding carboxylic acids is 1. The highest BCUT2D eigenvalue weighted by molar-refractivity contribution is 5.86. The monoisotopic (exact) mass is 205 g/mol. The number of hydrogen-bond donors (Lipinski definition) is 0. The fourth-order valence-corrected chi connectivity index (χ4v) is 1.34. The second kappa shape index (κ2) is 3.68. The van der Waals surface area contributed by atoms with Gasteiger partial charge in [-0.25, -0.2) is 9.78 Å². The van der Waals surface area contributed by atoms with E-state index in [4.69, 9.17) is 4.74 Å². The van der Waals surface area contributed by atoms with Crippen molar-refractivity contribution in [3.8, 4) is 0 Å². The maximum absolute atomic E-state index is 11.5. The van der Waals surface area contributed by atoms with Crippen molar-refractivity contribution in [1.82, 2.24) is 14.4 Å². The molecule has 0 aliphatic rings. The molecule has 5 nitrogen and oxygen atoms in total. The van der Waals surface area contributed by atoms with Crippen molar-refractivity contribution in [3.05, 3.63) is 30.1 Å². The molecular weight excluding hydrogens is 194 g/mol. The molecule has 78 valence electrons. The second-order valence-corrected chi connectivity index (χ2v) is 3.13. The van der Waals surface area contributed by atoms with Crippen LogP contribution in [0.2, 0.25) is 0 Å². The van der Waals surface area contributed by atoms with E-state index in [1.54, 1.807) is 29.9 Å². The number of carbonyl (C=O) groups is 1. The summed E-state index contributed by atoms with van der Waals surface area (Å²) in [5.41, 5.74) is 1.61. The summed E-state index contributed by atoms with van der Waals surface area (Å²) in [5, 5.41) is 0. The van der Waals surface area contributed by atoms with Crippen molar-refractivity contribution in [2.75, 3.05) is 6.61 Å². The Bertz CT molecular complexity index is 504. The number of esters is 1. The lowest BCUT2D eigenvalue weighted by molar-refractivity contribution is 0.0511. The van der Waals surface area contributed by atoms with Crippen molar-refractivity contribution >= 4 is 11.5 Å². The van der Waals surface area contributed by atoms with E-state index in [9.17, 15) is 4.79 Å². The van der Waals surface area contributed by atoms with E-state index in [0.717, 1.165) is 11.2 Å². The van der Waals surface area contributed by atoms with E-state index in [2.05, 4.69) is 9.97 Å². The topological polar surface area (TPSA) is 56.5 Å². The number of aromatic nitrogens is 3. The van der Waals surface area contributed by atoms with Gasteiger partial charge in [0.2, 0.25) is 5.82 Å². The van der Waals surface area contributed by atoms with Crippen LogP contribution in [0.3, 0.4) is 0 Å². The number of ether oxygens (including phenoxy) is 1. The quantitative estimate of drug-likeness (QED) is 0.691. The summed E-state index contributed by atoms with van der Waals surface area (Å²) in [6, 6.07) is 0. The average Bonchev–Trinajstić information content (AvgIpc) is 2.60. The number of nitrogens with zero attached hydrogens (tertiary/aromatic N) is 3. The smallest absolute Gasteiger partial charge is 0.374 e. The Kier molecular flexibility index (Phi) is 2.37. The van der Waals surface area contributed by atoms with Crippen LogP contribution >= 0.6 is 0 Å². The summed E-state index contributed by atoms with van der Waals surface area (Å²) in [7, 11) is 0. The van der Waals surface area contributed by atoms with Crippen LogP contribution in [0.25, 0.3) is 5.52 Å². The van der Waals surface area contributed by atoms with Crippen LogP contribution in [0, 0.1) is 6.92 Å². The Balaban J connectivity index is 2.52. The molecule has 0 aliphatic heterocycles. The van der Waals surface area contributed by atoms with E-state index >= 15 is 0 Å². The van der Waals surface area contributed by atoms with Crippen LogP contribution in [0.4, 0.5) is 0 Å². The zero-order valence-corrected chi connectivity index (χ0v) is 8.60. The molecule has 0 saturated carbocycles. The minimum atomic E-state index is -0.414. The Labute approximate surface area is 86.7 Å². The normalized spacial score (nSPS) is 10.5. The van der Waals surface area contributed by atoms with E-state index in [1.807, 2.05) is 6.92 Å². The Morgan fingerprint density at radius 1 is 1.47 bits per heavy atom. The molecule has 0 atom stereocenters. The van der Waals surface area contributed by atoms with Gasteiger partial charge in [-0.15, -0.1) is 0 Å². The van der Waals surface area contributed by atoms with Gasteiger partial charge in [-0.1, -0.05) is 0 Å². The Morgan fingerprint density at radius 3 is 2.93 bits per heavy atom. The Morgan fingerprint density at radius 2 is 2.20 bits per heavy atom. The molecule has 0 bridgehead atoms. The lowest BCUT2D eigenvalue weighted by Gasteiger charge is -2.01. The molecule has 2 aromatic rings. The number of hydrogen-bond acceptors (Lipinski definition) is 4. The standard InChI is InChI=1S/C10H11N3O2/c1-3-15-10(14)9-12-5-8-4-11-7(2)6-13(8)9/h4-6H,3H2,1-2H3. The molecule has 2 aromatic heterocycles. The molecule has 0 N–H and O–H groups in total. The molecule has 0 spiro atoms. The SMILES string of the molecule is CCOC(=O)c1ncc2cnc(C)cn12. The molecule has 0 unspecified atom stereocenters. The van der Waals surface area contributed by atoms with Crippen molar-refractivity contribution in [3.63, 3.8) is 0 Å². The molecule has 0 aliphatic carbocycles. The number of imidazole rings is 1. The van der Waals surface area contributed by atoms with Gasteiger partial charge in [0.15, 0.2) is 0 Å². The fraction of sp³-hybridized carbons (Fsp3) is 0.300. The summed E-state index contributed by atoms with van der Waals surface area (Å²) in [4.78, 5) is 19.6. The summed E-state index contributed by atoms with van der Waals surface area (Å²) < 4.78 is 6.57. The average molecular weight is 205 g/mol. The first-order chi connectivity index (χ1) is 7.22. The molecule has 0 radical (unpaired) electrons. The van der Waals surface area contributed by atoms with Crippen LogP contribution in [0.1, 0.15) is 23.2 Å². The predicted molar refractivity (Wildman–Crippen MR) is 53.7 cm³/mol. The summed E-state index contributed by atoms with van der Waals surface area (Å²) in [5.74, 6) is -0.125. The number of rotatable bonds is 2. The second-order valence-electron chi connectivity index (χ2n) is 3.13. The van der Waals surface area contributed by atoms with Gasteiger partial charge >= 0.3 is 5.97 Å². The van der Waals surface area contributed by atoms with E-state index in [-0.39, 0.29) is 5.82 Å². The van der Waals surface area contributed by atoms with E-state index in [1.165, 1.54) is 0 Å². The third kappa shape index (κ3) is 1.68. The van der Waals surface area contributed by atoms with Gasteiger partial charge in [-0.05, 0) is 13.8 Å². The summed E-state index contributed by atoms with van der Waals surface area (Å²) >= 11 is 0. The molecule has 2 heterocycles. The van der Waals surface area contributed by atoms with Gasteiger partial charge in [-0.2, -0.15) is 0 Å². The number of fused-ring (bicyclic) bond motifs is 1. The molecule has 5 heteroatoms. The van der Waals surface area contributed by atoms with Crippen molar-refractivity contribution < 1.29 is 9.53 Å². The first-order valence-corrected chi connectivity index (χ1v) is 4.69. The zero-order valence-electron chi connectivity index (χ0n) is 8.60. The maximum Gasteiger partial charge on any atom is 0.374 e. The Hall–Kier alpha value is -1.91. The van der Waals surface area contributed by atoms with Crippen LogP contribution < -0.4 is 0 Å². The number of aryl methyl sites for hydroxylation is 1. The minimum Gasteiger partial charge on any atom is -0.460 e. The summed E-state index contributed by atoms with van der Waals surface area (Å²) in [6.45, 7) is 3.96. The van der Waals surface area contributed by atoms with E-state index < -0.39 is 5.97 Å². The van der Waals surface area contributed by atoms with Crippen molar-refractivity contribution in [2.45, 2.75) is 13.8 Å². The van der Waals surface area contributed by atoms with Crippen LogP contribution in [0.5, 0.6) is 0 Å². The first kappa shape index (κ1) is 9.64. The van der Waals surface area contributed by atoms with Gasteiger partial charge in [0.25, 0.3) is 0 Å². The molecular formula is C10H11N3O2. The van der Waals surface area contributed by atoms with Gasteiger partial charge in [0.1, 0.15) is 0 Å². The third-order valence-electron chi connectivity index (χ3n) is 2.00. The van der Waals surface area contributed by atoms with Crippen LogP contribution in [-0.4, -0.2) is 26.9 Å². The first-order valence-electron chi connectivity index (χ1n) is 4.69. The van der Waals surface area contributed by atoms with Gasteiger partial charge in [0, 0.05) is 6.20 Å². The van der Waals surface area contributed by atoms with Gasteiger partial charge < -0.3 is 4.74 Å². The van der Waals surface area contributed by atoms with Gasteiger partial charge in [0.05, 0.1) is 30.2 Å². The highest BCUT2D eigenvalue weighted by Gasteiger charge is 2.13. The molecule has 0 saturated heterocycles. The highest BCUT2D eigenvalue weighted by Crippen LogP contribution is 2.07.